The third kappa shape index (κ3) is 1.39. The largest absolute Gasteiger partial charge is 0.322 e. The van der Waals surface area contributed by atoms with Gasteiger partial charge in [0.05, 0.1) is 12.6 Å². The highest BCUT2D eigenvalue weighted by Gasteiger charge is 2.37. The van der Waals surface area contributed by atoms with Crippen molar-refractivity contribution in [2.75, 3.05) is 12.4 Å². The van der Waals surface area contributed by atoms with Crippen LogP contribution in [-0.4, -0.2) is 29.3 Å². The second kappa shape index (κ2) is 2.89. The average Bonchev–Trinajstić information content (AvgIpc) is 2.66. The number of hydrogen-bond donors (Lipinski definition) is 0. The number of hydrogen-bond acceptors (Lipinski definition) is 2. The van der Waals surface area contributed by atoms with Gasteiger partial charge in [-0.15, -0.1) is 11.6 Å². The maximum Gasteiger partial charge on any atom is 0.225 e. The molecule has 0 radical (unpaired) electrons. The summed E-state index contributed by atoms with van der Waals surface area (Å²) in [6, 6.07) is 1.82. The summed E-state index contributed by atoms with van der Waals surface area (Å²) in [6.07, 6.45) is 0.347. The lowest BCUT2D eigenvalue weighted by Gasteiger charge is -1.95. The molecule has 0 bridgehead atoms. The summed E-state index contributed by atoms with van der Waals surface area (Å²) in [7, 11) is 0. The second-order valence-corrected chi connectivity index (χ2v) is 2.51. The number of halogens is 1. The molecule has 1 aliphatic heterocycles. The van der Waals surface area contributed by atoms with Crippen molar-refractivity contribution in [1.82, 2.24) is 4.90 Å². The lowest BCUT2D eigenvalue weighted by atomic mass is 10.4. The first kappa shape index (κ1) is 7.36. The molecule has 1 fully saturated rings. The molecular formula is C6H7ClN2O. The highest BCUT2D eigenvalue weighted by Crippen LogP contribution is 2.17. The van der Waals surface area contributed by atoms with Gasteiger partial charge in [-0.2, -0.15) is 5.26 Å². The molecule has 0 aromatic rings. The molecule has 0 saturated carbocycles. The van der Waals surface area contributed by atoms with E-state index in [-0.39, 0.29) is 11.9 Å². The Labute approximate surface area is 64.2 Å². The molecule has 0 spiro atoms. The number of nitriles is 1. The van der Waals surface area contributed by atoms with Crippen LogP contribution < -0.4 is 0 Å². The maximum atomic E-state index is 10.9. The molecule has 1 amide bonds. The van der Waals surface area contributed by atoms with Gasteiger partial charge < -0.3 is 4.90 Å². The van der Waals surface area contributed by atoms with Crippen molar-refractivity contribution in [3.8, 4) is 6.07 Å². The number of rotatable bonds is 2. The van der Waals surface area contributed by atoms with E-state index in [4.69, 9.17) is 16.9 Å². The van der Waals surface area contributed by atoms with E-state index in [1.165, 1.54) is 4.90 Å². The van der Waals surface area contributed by atoms with Crippen molar-refractivity contribution < 1.29 is 4.79 Å². The molecule has 54 valence electrons. The first-order valence-electron chi connectivity index (χ1n) is 3.04. The van der Waals surface area contributed by atoms with Crippen LogP contribution in [0.2, 0.25) is 0 Å². The van der Waals surface area contributed by atoms with Crippen molar-refractivity contribution >= 4 is 17.5 Å². The summed E-state index contributed by atoms with van der Waals surface area (Å²) in [6.45, 7) is 0.590. The minimum absolute atomic E-state index is 0.0125. The molecule has 1 rings (SSSR count). The van der Waals surface area contributed by atoms with Crippen molar-refractivity contribution in [3.63, 3.8) is 0 Å². The van der Waals surface area contributed by atoms with Gasteiger partial charge in [0.15, 0.2) is 0 Å². The molecular weight excluding hydrogens is 152 g/mol. The zero-order valence-corrected chi connectivity index (χ0v) is 6.14. The van der Waals surface area contributed by atoms with Crippen LogP contribution in [-0.2, 0) is 4.79 Å². The van der Waals surface area contributed by atoms with E-state index in [0.717, 1.165) is 0 Å². The number of carbonyl (C=O) groups is 1. The van der Waals surface area contributed by atoms with Gasteiger partial charge in [0.25, 0.3) is 0 Å². The fourth-order valence-electron chi connectivity index (χ4n) is 0.750. The summed E-state index contributed by atoms with van der Waals surface area (Å²) in [4.78, 5) is 12.4. The molecule has 1 atom stereocenters. The Morgan fingerprint density at radius 2 is 2.60 bits per heavy atom. The van der Waals surface area contributed by atoms with Gasteiger partial charge in [-0.1, -0.05) is 0 Å². The van der Waals surface area contributed by atoms with Gasteiger partial charge in [0.2, 0.25) is 5.91 Å². The lowest BCUT2D eigenvalue weighted by molar-refractivity contribution is -0.125. The summed E-state index contributed by atoms with van der Waals surface area (Å²) in [5.74, 6) is 0.328. The summed E-state index contributed by atoms with van der Waals surface area (Å²) < 4.78 is 0. The molecule has 0 aliphatic carbocycles. The van der Waals surface area contributed by atoms with Crippen molar-refractivity contribution in [1.29, 1.82) is 5.26 Å². The van der Waals surface area contributed by atoms with E-state index in [9.17, 15) is 4.79 Å². The number of amides is 1. The smallest absolute Gasteiger partial charge is 0.225 e. The van der Waals surface area contributed by atoms with Crippen LogP contribution in [0.25, 0.3) is 0 Å². The minimum atomic E-state index is -0.171. The Balaban J connectivity index is 2.27. The zero-order chi connectivity index (χ0) is 7.56. The Hall–Kier alpha value is -0.750. The van der Waals surface area contributed by atoms with Gasteiger partial charge in [0.1, 0.15) is 6.04 Å². The fraction of sp³-hybridized carbons (Fsp3) is 0.667. The Kier molecular flexibility index (Phi) is 2.13. The quantitative estimate of drug-likeness (QED) is 0.430. The number of carbonyl (C=O) groups excluding carboxylic acids is 1. The Morgan fingerprint density at radius 3 is 3.00 bits per heavy atom. The fourth-order valence-corrected chi connectivity index (χ4v) is 0.911. The SMILES string of the molecule is N#CC1CN1C(=O)CCCl. The molecule has 0 aromatic heterocycles. The topological polar surface area (TPSA) is 43.9 Å². The average molecular weight is 159 g/mol. The predicted octanol–water partition coefficient (Wildman–Crippen LogP) is 0.350. The standard InChI is InChI=1S/C6H7ClN2O/c7-2-1-6(10)9-4-5(9)3-8/h5H,1-2,4H2. The highest BCUT2D eigenvalue weighted by molar-refractivity contribution is 6.18. The van der Waals surface area contributed by atoms with E-state index < -0.39 is 0 Å². The van der Waals surface area contributed by atoms with E-state index in [2.05, 4.69) is 0 Å². The van der Waals surface area contributed by atoms with Gasteiger partial charge in [-0.25, -0.2) is 0 Å². The van der Waals surface area contributed by atoms with Gasteiger partial charge in [-0.3, -0.25) is 4.79 Å². The van der Waals surface area contributed by atoms with E-state index >= 15 is 0 Å². The van der Waals surface area contributed by atoms with Crippen LogP contribution in [0, 0.1) is 11.3 Å². The van der Waals surface area contributed by atoms with Crippen LogP contribution in [0.1, 0.15) is 6.42 Å². The molecule has 0 aromatic carbocycles. The molecule has 1 saturated heterocycles. The predicted molar refractivity (Wildman–Crippen MR) is 36.5 cm³/mol. The van der Waals surface area contributed by atoms with E-state index in [0.29, 0.717) is 18.8 Å². The van der Waals surface area contributed by atoms with Crippen molar-refractivity contribution in [2.45, 2.75) is 12.5 Å². The van der Waals surface area contributed by atoms with E-state index in [1.807, 2.05) is 6.07 Å². The third-order valence-corrected chi connectivity index (χ3v) is 1.58. The summed E-state index contributed by atoms with van der Waals surface area (Å²) in [5, 5.41) is 8.32. The Bertz CT molecular complexity index is 187. The second-order valence-electron chi connectivity index (χ2n) is 2.13. The minimum Gasteiger partial charge on any atom is -0.322 e. The molecule has 10 heavy (non-hydrogen) atoms. The van der Waals surface area contributed by atoms with Gasteiger partial charge in [0, 0.05) is 12.3 Å². The van der Waals surface area contributed by atoms with Crippen LogP contribution in [0.4, 0.5) is 0 Å². The number of nitrogens with zero attached hydrogens (tertiary/aromatic N) is 2. The van der Waals surface area contributed by atoms with Crippen LogP contribution in [0.3, 0.4) is 0 Å². The molecule has 1 aliphatic rings. The first-order valence-corrected chi connectivity index (χ1v) is 3.58. The number of alkyl halides is 1. The Morgan fingerprint density at radius 1 is 1.90 bits per heavy atom. The van der Waals surface area contributed by atoms with Gasteiger partial charge in [-0.05, 0) is 0 Å². The summed E-state index contributed by atoms with van der Waals surface area (Å²) in [5.41, 5.74) is 0. The van der Waals surface area contributed by atoms with E-state index in [1.54, 1.807) is 0 Å². The lowest BCUT2D eigenvalue weighted by Crippen LogP contribution is -2.12. The van der Waals surface area contributed by atoms with Crippen LogP contribution in [0.5, 0.6) is 0 Å². The van der Waals surface area contributed by atoms with Crippen molar-refractivity contribution in [3.05, 3.63) is 0 Å². The third-order valence-electron chi connectivity index (χ3n) is 1.39. The molecule has 1 heterocycles. The highest BCUT2D eigenvalue weighted by atomic mass is 35.5. The molecule has 3 nitrogen and oxygen atoms in total. The normalized spacial score (nSPS) is 22.0. The zero-order valence-electron chi connectivity index (χ0n) is 5.38. The monoisotopic (exact) mass is 158 g/mol. The summed E-state index contributed by atoms with van der Waals surface area (Å²) >= 11 is 5.33. The maximum absolute atomic E-state index is 10.9. The van der Waals surface area contributed by atoms with Crippen molar-refractivity contribution in [2.24, 2.45) is 0 Å². The molecule has 1 unspecified atom stereocenters. The van der Waals surface area contributed by atoms with Crippen LogP contribution >= 0.6 is 11.6 Å². The molecule has 0 N–H and O–H groups in total. The van der Waals surface area contributed by atoms with Crippen LogP contribution in [0.15, 0.2) is 0 Å². The first-order chi connectivity index (χ1) is 4.79. The molecule has 4 heteroatoms. The van der Waals surface area contributed by atoms with Gasteiger partial charge >= 0.3 is 0 Å².